The smallest absolute Gasteiger partial charge is 0.326 e. The maximum atomic E-state index is 13.2. The molecule has 6 heteroatoms. The lowest BCUT2D eigenvalue weighted by atomic mass is 9.90. The number of nitrogens with zero attached hydrogens (tertiary/aromatic N) is 2. The number of hydrogen-bond donors (Lipinski definition) is 1. The molecule has 1 N–H and O–H groups in total. The molecule has 0 unspecified atom stereocenters. The Bertz CT molecular complexity index is 941. The number of urea groups is 1. The second kappa shape index (κ2) is 7.52. The number of rotatable bonds is 6. The van der Waals surface area contributed by atoms with Gasteiger partial charge in [0.1, 0.15) is 11.3 Å². The monoisotopic (exact) mass is 393 g/mol. The fourth-order valence-corrected chi connectivity index (χ4v) is 4.24. The summed E-state index contributed by atoms with van der Waals surface area (Å²) in [6, 6.07) is 13.6. The van der Waals surface area contributed by atoms with Gasteiger partial charge in [-0.3, -0.25) is 9.69 Å². The van der Waals surface area contributed by atoms with E-state index in [0.29, 0.717) is 6.54 Å². The zero-order valence-corrected chi connectivity index (χ0v) is 17.2. The van der Waals surface area contributed by atoms with Gasteiger partial charge in [0.05, 0.1) is 13.8 Å². The first-order valence-corrected chi connectivity index (χ1v) is 9.98. The third-order valence-corrected chi connectivity index (χ3v) is 5.95. The Balaban J connectivity index is 1.47. The number of carbonyl (C=O) groups is 2. The molecule has 3 amide bonds. The Labute approximate surface area is 171 Å². The Morgan fingerprint density at radius 1 is 1.10 bits per heavy atom. The van der Waals surface area contributed by atoms with Crippen molar-refractivity contribution in [1.29, 1.82) is 0 Å². The van der Waals surface area contributed by atoms with Gasteiger partial charge in [-0.2, -0.15) is 0 Å². The minimum atomic E-state index is -1.02. The second-order valence-electron chi connectivity index (χ2n) is 8.13. The van der Waals surface area contributed by atoms with E-state index in [0.717, 1.165) is 36.1 Å². The molecule has 0 aromatic heterocycles. The number of fused-ring (bicyclic) bond motifs is 1. The van der Waals surface area contributed by atoms with Crippen molar-refractivity contribution < 1.29 is 14.3 Å². The molecular formula is C23H27N3O3. The van der Waals surface area contributed by atoms with Crippen LogP contribution in [0.1, 0.15) is 35.6 Å². The van der Waals surface area contributed by atoms with E-state index in [-0.39, 0.29) is 18.6 Å². The Morgan fingerprint density at radius 2 is 1.83 bits per heavy atom. The van der Waals surface area contributed by atoms with Crippen molar-refractivity contribution in [3.63, 3.8) is 0 Å². The summed E-state index contributed by atoms with van der Waals surface area (Å²) in [7, 11) is 3.53. The molecule has 152 valence electrons. The predicted molar refractivity (Wildman–Crippen MR) is 111 cm³/mol. The topological polar surface area (TPSA) is 61.9 Å². The molecule has 1 aliphatic carbocycles. The summed E-state index contributed by atoms with van der Waals surface area (Å²) < 4.78 is 5.18. The number of benzene rings is 2. The molecule has 0 bridgehead atoms. The lowest BCUT2D eigenvalue weighted by molar-refractivity contribution is -0.132. The molecule has 29 heavy (non-hydrogen) atoms. The Hall–Kier alpha value is -2.86. The average molecular weight is 393 g/mol. The highest BCUT2D eigenvalue weighted by molar-refractivity contribution is 6.07. The van der Waals surface area contributed by atoms with Crippen molar-refractivity contribution in [3.05, 3.63) is 64.7 Å². The first-order valence-electron chi connectivity index (χ1n) is 9.98. The van der Waals surface area contributed by atoms with Crippen molar-refractivity contribution in [3.8, 4) is 5.75 Å². The van der Waals surface area contributed by atoms with Gasteiger partial charge in [0.15, 0.2) is 0 Å². The standard InChI is InChI=1S/C23H27N3O3/c1-23(19-10-9-17-5-4-6-18(17)13-19)21(27)26(22(28)24-23)15-25(2)14-16-7-11-20(29-3)12-8-16/h7-13H,4-6,14-15H2,1-3H3,(H,24,28)/t23-/m0/s1. The summed E-state index contributed by atoms with van der Waals surface area (Å²) >= 11 is 0. The third-order valence-electron chi connectivity index (χ3n) is 5.95. The molecule has 2 aromatic carbocycles. The average Bonchev–Trinajstić information content (AvgIpc) is 3.27. The normalized spacial score (nSPS) is 20.9. The summed E-state index contributed by atoms with van der Waals surface area (Å²) in [6.45, 7) is 2.65. The molecule has 6 nitrogen and oxygen atoms in total. The summed E-state index contributed by atoms with van der Waals surface area (Å²) in [5, 5.41) is 2.92. The van der Waals surface area contributed by atoms with Crippen LogP contribution in [0.15, 0.2) is 42.5 Å². The molecule has 4 rings (SSSR count). The first-order chi connectivity index (χ1) is 13.9. The van der Waals surface area contributed by atoms with Gasteiger partial charge in [-0.05, 0) is 67.6 Å². The first kappa shape index (κ1) is 19.5. The van der Waals surface area contributed by atoms with Crippen LogP contribution in [0.4, 0.5) is 4.79 Å². The molecule has 0 radical (unpaired) electrons. The number of imide groups is 1. The van der Waals surface area contributed by atoms with E-state index in [1.807, 2.05) is 42.3 Å². The van der Waals surface area contributed by atoms with Crippen LogP contribution in [0.3, 0.4) is 0 Å². The Kier molecular flexibility index (Phi) is 5.04. The van der Waals surface area contributed by atoms with E-state index < -0.39 is 5.54 Å². The molecule has 1 saturated heterocycles. The van der Waals surface area contributed by atoms with Crippen LogP contribution < -0.4 is 10.1 Å². The van der Waals surface area contributed by atoms with Crippen LogP contribution in [-0.4, -0.2) is 42.6 Å². The molecule has 0 saturated carbocycles. The predicted octanol–water partition coefficient (Wildman–Crippen LogP) is 3.04. The van der Waals surface area contributed by atoms with Crippen LogP contribution in [0.25, 0.3) is 0 Å². The van der Waals surface area contributed by atoms with E-state index in [2.05, 4.69) is 17.4 Å². The lowest BCUT2D eigenvalue weighted by Crippen LogP contribution is -2.42. The van der Waals surface area contributed by atoms with Gasteiger partial charge in [0.2, 0.25) is 0 Å². The van der Waals surface area contributed by atoms with Crippen molar-refractivity contribution >= 4 is 11.9 Å². The van der Waals surface area contributed by atoms with Crippen molar-refractivity contribution in [2.75, 3.05) is 20.8 Å². The van der Waals surface area contributed by atoms with Gasteiger partial charge in [-0.1, -0.05) is 30.3 Å². The minimum Gasteiger partial charge on any atom is -0.497 e. The molecular weight excluding hydrogens is 366 g/mol. The highest BCUT2D eigenvalue weighted by atomic mass is 16.5. The fourth-order valence-electron chi connectivity index (χ4n) is 4.24. The molecule has 1 fully saturated rings. The van der Waals surface area contributed by atoms with Crippen LogP contribution in [-0.2, 0) is 29.7 Å². The highest BCUT2D eigenvalue weighted by Gasteiger charge is 2.49. The number of methoxy groups -OCH3 is 1. The SMILES string of the molecule is COc1ccc(CN(C)CN2C(=O)N[C@@](C)(c3ccc4c(c3)CCC4)C2=O)cc1. The van der Waals surface area contributed by atoms with Gasteiger partial charge < -0.3 is 10.1 Å². The number of hydrogen-bond acceptors (Lipinski definition) is 4. The van der Waals surface area contributed by atoms with Crippen LogP contribution in [0.5, 0.6) is 5.75 Å². The molecule has 1 atom stereocenters. The van der Waals surface area contributed by atoms with Gasteiger partial charge >= 0.3 is 6.03 Å². The van der Waals surface area contributed by atoms with E-state index in [1.54, 1.807) is 14.0 Å². The van der Waals surface area contributed by atoms with Crippen molar-refractivity contribution in [2.24, 2.45) is 0 Å². The molecule has 1 aliphatic heterocycles. The van der Waals surface area contributed by atoms with Gasteiger partial charge in [0.25, 0.3) is 5.91 Å². The number of carbonyl (C=O) groups excluding carboxylic acids is 2. The van der Waals surface area contributed by atoms with Crippen molar-refractivity contribution in [1.82, 2.24) is 15.1 Å². The molecule has 0 spiro atoms. The fraction of sp³-hybridized carbons (Fsp3) is 0.391. The zero-order valence-electron chi connectivity index (χ0n) is 17.2. The summed E-state index contributed by atoms with van der Waals surface area (Å²) in [6.07, 6.45) is 3.28. The van der Waals surface area contributed by atoms with Gasteiger partial charge in [-0.25, -0.2) is 9.69 Å². The molecule has 2 aromatic rings. The molecule has 1 heterocycles. The second-order valence-corrected chi connectivity index (χ2v) is 8.13. The van der Waals surface area contributed by atoms with E-state index in [4.69, 9.17) is 4.74 Å². The molecule has 2 aliphatic rings. The minimum absolute atomic E-state index is 0.206. The Morgan fingerprint density at radius 3 is 2.55 bits per heavy atom. The summed E-state index contributed by atoms with van der Waals surface area (Å²) in [5.74, 6) is 0.595. The number of ether oxygens (including phenoxy) is 1. The highest BCUT2D eigenvalue weighted by Crippen LogP contribution is 2.32. The number of aryl methyl sites for hydroxylation is 2. The third kappa shape index (κ3) is 3.60. The number of amides is 3. The van der Waals surface area contributed by atoms with Crippen LogP contribution >= 0.6 is 0 Å². The largest absolute Gasteiger partial charge is 0.497 e. The van der Waals surface area contributed by atoms with Crippen molar-refractivity contribution in [2.45, 2.75) is 38.3 Å². The van der Waals surface area contributed by atoms with E-state index >= 15 is 0 Å². The summed E-state index contributed by atoms with van der Waals surface area (Å²) in [5.41, 5.74) is 3.57. The zero-order chi connectivity index (χ0) is 20.6. The quantitative estimate of drug-likeness (QED) is 0.767. The van der Waals surface area contributed by atoms with E-state index in [1.165, 1.54) is 16.0 Å². The van der Waals surface area contributed by atoms with Crippen LogP contribution in [0.2, 0.25) is 0 Å². The number of nitrogens with one attached hydrogen (secondary N) is 1. The van der Waals surface area contributed by atoms with Gasteiger partial charge in [0, 0.05) is 6.54 Å². The maximum absolute atomic E-state index is 13.2. The lowest BCUT2D eigenvalue weighted by Gasteiger charge is -2.25. The van der Waals surface area contributed by atoms with Gasteiger partial charge in [-0.15, -0.1) is 0 Å². The van der Waals surface area contributed by atoms with E-state index in [9.17, 15) is 9.59 Å². The van der Waals surface area contributed by atoms with Crippen LogP contribution in [0, 0.1) is 0 Å². The summed E-state index contributed by atoms with van der Waals surface area (Å²) in [4.78, 5) is 29.1. The maximum Gasteiger partial charge on any atom is 0.326 e.